The third-order valence-electron chi connectivity index (χ3n) is 6.46. The Balaban J connectivity index is 1.84. The van der Waals surface area contributed by atoms with Gasteiger partial charge in [0.1, 0.15) is 17.4 Å². The molecule has 0 amide bonds. The highest BCUT2D eigenvalue weighted by Gasteiger charge is 2.44. The number of nitrogens with one attached hydrogen (secondary N) is 1. The van der Waals surface area contributed by atoms with E-state index in [1.807, 2.05) is 25.1 Å². The zero-order valence-corrected chi connectivity index (χ0v) is 18.8. The molecule has 0 saturated carbocycles. The molecule has 5 rings (SSSR count). The lowest BCUT2D eigenvalue weighted by atomic mass is 9.73. The molecule has 5 nitrogen and oxygen atoms in total. The standard InChI is InChI=1S/C28H24FN3O2/c1-17-11-13-18(14-12-17)27(34)26-24(20-7-2-3-8-21(20)29)25-22(9-4-10-23(25)33)32(28(26)30)19-6-5-15-31-16-19/h2-3,5-8,11-16,24,30,34H,4,9-10H2,1H3/t24-/m1/s1. The summed E-state index contributed by atoms with van der Waals surface area (Å²) < 4.78 is 15.2. The predicted molar refractivity (Wildman–Crippen MR) is 130 cm³/mol. The number of nitrogens with zero attached hydrogens (tertiary/aromatic N) is 2. The summed E-state index contributed by atoms with van der Waals surface area (Å²) in [5.41, 5.74) is 3.73. The van der Waals surface area contributed by atoms with Gasteiger partial charge in [-0.15, -0.1) is 0 Å². The second-order valence-corrected chi connectivity index (χ2v) is 8.62. The molecule has 0 saturated heterocycles. The molecule has 0 fully saturated rings. The van der Waals surface area contributed by atoms with Crippen molar-refractivity contribution in [2.75, 3.05) is 4.90 Å². The van der Waals surface area contributed by atoms with Gasteiger partial charge in [0.25, 0.3) is 0 Å². The molecule has 1 aliphatic heterocycles. The van der Waals surface area contributed by atoms with Gasteiger partial charge >= 0.3 is 0 Å². The second-order valence-electron chi connectivity index (χ2n) is 8.62. The van der Waals surface area contributed by atoms with Crippen LogP contribution in [0.5, 0.6) is 0 Å². The second kappa shape index (κ2) is 8.71. The maximum Gasteiger partial charge on any atom is 0.161 e. The highest BCUT2D eigenvalue weighted by Crippen LogP contribution is 2.48. The van der Waals surface area contributed by atoms with Crippen molar-refractivity contribution < 1.29 is 14.3 Å². The van der Waals surface area contributed by atoms with Crippen molar-refractivity contribution in [1.29, 1.82) is 5.41 Å². The van der Waals surface area contributed by atoms with Crippen LogP contribution in [0.15, 0.2) is 89.9 Å². The van der Waals surface area contributed by atoms with E-state index in [1.165, 1.54) is 6.07 Å². The lowest BCUT2D eigenvalue weighted by molar-refractivity contribution is -0.116. The first kappa shape index (κ1) is 21.8. The zero-order valence-electron chi connectivity index (χ0n) is 18.8. The molecule has 0 bridgehead atoms. The van der Waals surface area contributed by atoms with E-state index >= 15 is 4.39 Å². The fourth-order valence-electron chi connectivity index (χ4n) is 4.85. The van der Waals surface area contributed by atoms with Crippen LogP contribution < -0.4 is 4.90 Å². The number of aromatic nitrogens is 1. The number of amidine groups is 1. The molecule has 0 radical (unpaired) electrons. The third-order valence-corrected chi connectivity index (χ3v) is 6.46. The summed E-state index contributed by atoms with van der Waals surface area (Å²) in [4.78, 5) is 19.2. The highest BCUT2D eigenvalue weighted by molar-refractivity contribution is 6.19. The number of carbonyl (C=O) groups excluding carboxylic acids is 1. The van der Waals surface area contributed by atoms with Crippen molar-refractivity contribution >= 4 is 23.1 Å². The fourth-order valence-corrected chi connectivity index (χ4v) is 4.85. The Labute approximate surface area is 197 Å². The zero-order chi connectivity index (χ0) is 23.8. The topological polar surface area (TPSA) is 77.3 Å². The fraction of sp³-hybridized carbons (Fsp3) is 0.179. The number of anilines is 1. The predicted octanol–water partition coefficient (Wildman–Crippen LogP) is 6.09. The Morgan fingerprint density at radius 1 is 1.09 bits per heavy atom. The number of aryl methyl sites for hydroxylation is 1. The van der Waals surface area contributed by atoms with E-state index in [0.717, 1.165) is 5.56 Å². The average molecular weight is 454 g/mol. The summed E-state index contributed by atoms with van der Waals surface area (Å²) in [5.74, 6) is -1.59. The van der Waals surface area contributed by atoms with Crippen LogP contribution in [0.3, 0.4) is 0 Å². The Bertz CT molecular complexity index is 1340. The Morgan fingerprint density at radius 2 is 1.85 bits per heavy atom. The molecule has 1 aromatic heterocycles. The van der Waals surface area contributed by atoms with Gasteiger partial charge in [-0.3, -0.25) is 20.1 Å². The van der Waals surface area contributed by atoms with Crippen molar-refractivity contribution in [2.45, 2.75) is 32.1 Å². The number of ketones is 1. The van der Waals surface area contributed by atoms with Crippen LogP contribution >= 0.6 is 0 Å². The maximum atomic E-state index is 15.2. The summed E-state index contributed by atoms with van der Waals surface area (Å²) in [7, 11) is 0. The molecule has 3 aromatic rings. The molecule has 0 unspecified atom stereocenters. The van der Waals surface area contributed by atoms with Crippen LogP contribution in [-0.4, -0.2) is 21.7 Å². The van der Waals surface area contributed by atoms with Crippen LogP contribution in [0, 0.1) is 18.2 Å². The van der Waals surface area contributed by atoms with E-state index in [9.17, 15) is 15.3 Å². The monoisotopic (exact) mass is 453 g/mol. The van der Waals surface area contributed by atoms with Crippen LogP contribution in [-0.2, 0) is 4.79 Å². The van der Waals surface area contributed by atoms with Crippen molar-refractivity contribution in [3.8, 4) is 0 Å². The summed E-state index contributed by atoms with van der Waals surface area (Å²) in [6.45, 7) is 1.95. The van der Waals surface area contributed by atoms with Crippen LogP contribution in [0.4, 0.5) is 10.1 Å². The molecule has 170 valence electrons. The number of aliphatic hydroxyl groups is 1. The Morgan fingerprint density at radius 3 is 2.56 bits per heavy atom. The smallest absolute Gasteiger partial charge is 0.161 e. The summed E-state index contributed by atoms with van der Waals surface area (Å²) in [5, 5.41) is 20.7. The molecule has 2 heterocycles. The minimum Gasteiger partial charge on any atom is -0.507 e. The number of hydrogen-bond acceptors (Lipinski definition) is 4. The highest BCUT2D eigenvalue weighted by atomic mass is 19.1. The van der Waals surface area contributed by atoms with E-state index in [0.29, 0.717) is 41.8 Å². The molecule has 0 spiro atoms. The Kier molecular flexibility index (Phi) is 5.57. The van der Waals surface area contributed by atoms with Crippen molar-refractivity contribution in [3.63, 3.8) is 0 Å². The van der Waals surface area contributed by atoms with E-state index in [1.54, 1.807) is 53.7 Å². The first-order chi connectivity index (χ1) is 16.5. The van der Waals surface area contributed by atoms with Crippen molar-refractivity contribution in [1.82, 2.24) is 4.98 Å². The Hall–Kier alpha value is -4.06. The molecular formula is C28H24FN3O2. The number of Topliss-reactive ketones (excluding diaryl/α,β-unsaturated/α-hetero) is 1. The number of rotatable bonds is 3. The summed E-state index contributed by atoms with van der Waals surface area (Å²) >= 11 is 0. The minimum absolute atomic E-state index is 0.00720. The van der Waals surface area contributed by atoms with Gasteiger partial charge in [-0.2, -0.15) is 0 Å². The van der Waals surface area contributed by atoms with Gasteiger partial charge in [-0.05, 0) is 38.0 Å². The summed E-state index contributed by atoms with van der Waals surface area (Å²) in [6, 6.07) is 17.1. The van der Waals surface area contributed by atoms with Crippen molar-refractivity contribution in [2.24, 2.45) is 0 Å². The van der Waals surface area contributed by atoms with E-state index < -0.39 is 11.7 Å². The number of halogens is 1. The SMILES string of the molecule is Cc1ccc(C(O)=C2C(=N)N(c3cccnc3)C3=C(C(=O)CCC3)[C@H]2c2ccccc2F)cc1. The van der Waals surface area contributed by atoms with Gasteiger partial charge in [0.15, 0.2) is 5.78 Å². The summed E-state index contributed by atoms with van der Waals surface area (Å²) in [6.07, 6.45) is 4.83. The molecule has 34 heavy (non-hydrogen) atoms. The average Bonchev–Trinajstić information content (AvgIpc) is 2.84. The van der Waals surface area contributed by atoms with Gasteiger partial charge in [0.05, 0.1) is 11.9 Å². The molecule has 2 N–H and O–H groups in total. The first-order valence-corrected chi connectivity index (χ1v) is 11.3. The normalized spacial score (nSPS) is 19.8. The van der Waals surface area contributed by atoms with E-state index in [-0.39, 0.29) is 28.5 Å². The van der Waals surface area contributed by atoms with Crippen LogP contribution in [0.25, 0.3) is 5.76 Å². The lowest BCUT2D eigenvalue weighted by Crippen LogP contribution is -2.42. The molecule has 6 heteroatoms. The molecule has 1 atom stereocenters. The molecule has 2 aromatic carbocycles. The molecular weight excluding hydrogens is 429 g/mol. The van der Waals surface area contributed by atoms with E-state index in [4.69, 9.17) is 0 Å². The van der Waals surface area contributed by atoms with Gasteiger partial charge in [-0.25, -0.2) is 4.39 Å². The van der Waals surface area contributed by atoms with Gasteiger partial charge in [-0.1, -0.05) is 48.0 Å². The number of pyridine rings is 1. The van der Waals surface area contributed by atoms with Crippen LogP contribution in [0.2, 0.25) is 0 Å². The first-order valence-electron chi connectivity index (χ1n) is 11.3. The minimum atomic E-state index is -0.884. The van der Waals surface area contributed by atoms with Gasteiger partial charge in [0.2, 0.25) is 0 Å². The number of hydrogen-bond donors (Lipinski definition) is 2. The van der Waals surface area contributed by atoms with Crippen molar-refractivity contribution in [3.05, 3.63) is 112 Å². The van der Waals surface area contributed by atoms with Gasteiger partial charge < -0.3 is 5.11 Å². The largest absolute Gasteiger partial charge is 0.507 e. The van der Waals surface area contributed by atoms with E-state index in [2.05, 4.69) is 4.98 Å². The maximum absolute atomic E-state index is 15.2. The number of aliphatic hydroxyl groups excluding tert-OH is 1. The number of allylic oxidation sites excluding steroid dienone is 2. The number of carbonyl (C=O) groups is 1. The number of benzene rings is 2. The third kappa shape index (κ3) is 3.61. The molecule has 2 aliphatic rings. The quantitative estimate of drug-likeness (QED) is 0.471. The van der Waals surface area contributed by atoms with Crippen LogP contribution in [0.1, 0.15) is 41.9 Å². The lowest BCUT2D eigenvalue weighted by Gasteiger charge is -2.41. The molecule has 1 aliphatic carbocycles. The van der Waals surface area contributed by atoms with Gasteiger partial charge in [0, 0.05) is 46.5 Å².